The van der Waals surface area contributed by atoms with E-state index in [9.17, 15) is 0 Å². The molecule has 1 atom stereocenters. The summed E-state index contributed by atoms with van der Waals surface area (Å²) in [6.07, 6.45) is 4.35. The standard InChI is InChI=1S/C10H14N4S/c1-7-5-15-10(13-7)3-8(11)9-4-12-6-14(9)2/h4-6,8H,3,11H2,1-2H3. The van der Waals surface area contributed by atoms with Gasteiger partial charge in [0.1, 0.15) is 0 Å². The Morgan fingerprint density at radius 2 is 2.40 bits per heavy atom. The molecular weight excluding hydrogens is 208 g/mol. The summed E-state index contributed by atoms with van der Waals surface area (Å²) in [6, 6.07) is -0.0250. The fourth-order valence-corrected chi connectivity index (χ4v) is 2.35. The molecule has 0 aromatic carbocycles. The lowest BCUT2D eigenvalue weighted by atomic mass is 10.2. The van der Waals surface area contributed by atoms with Crippen molar-refractivity contribution in [2.45, 2.75) is 19.4 Å². The third-order valence-corrected chi connectivity index (χ3v) is 3.28. The van der Waals surface area contributed by atoms with Gasteiger partial charge >= 0.3 is 0 Å². The van der Waals surface area contributed by atoms with Crippen LogP contribution in [-0.2, 0) is 13.5 Å². The van der Waals surface area contributed by atoms with Gasteiger partial charge < -0.3 is 10.3 Å². The zero-order valence-corrected chi connectivity index (χ0v) is 9.66. The van der Waals surface area contributed by atoms with Gasteiger partial charge in [0.25, 0.3) is 0 Å². The Hall–Kier alpha value is -1.20. The summed E-state index contributed by atoms with van der Waals surface area (Å²) in [7, 11) is 1.95. The second-order valence-electron chi connectivity index (χ2n) is 3.62. The van der Waals surface area contributed by atoms with Crippen LogP contribution in [0.3, 0.4) is 0 Å². The van der Waals surface area contributed by atoms with Crippen molar-refractivity contribution >= 4 is 11.3 Å². The van der Waals surface area contributed by atoms with Crippen molar-refractivity contribution in [2.75, 3.05) is 0 Å². The highest BCUT2D eigenvalue weighted by Crippen LogP contribution is 2.17. The van der Waals surface area contributed by atoms with Crippen LogP contribution in [0, 0.1) is 6.92 Å². The molecule has 5 heteroatoms. The van der Waals surface area contributed by atoms with Crippen LogP contribution in [0.4, 0.5) is 0 Å². The minimum atomic E-state index is -0.0250. The molecule has 2 rings (SSSR count). The zero-order chi connectivity index (χ0) is 10.8. The van der Waals surface area contributed by atoms with Crippen molar-refractivity contribution in [1.82, 2.24) is 14.5 Å². The van der Waals surface area contributed by atoms with E-state index in [4.69, 9.17) is 5.73 Å². The molecule has 0 aliphatic heterocycles. The third kappa shape index (κ3) is 2.24. The summed E-state index contributed by atoms with van der Waals surface area (Å²) in [5, 5.41) is 3.13. The van der Waals surface area contributed by atoms with Gasteiger partial charge in [-0.2, -0.15) is 0 Å². The van der Waals surface area contributed by atoms with Crippen LogP contribution >= 0.6 is 11.3 Å². The number of rotatable bonds is 3. The Balaban J connectivity index is 2.10. The van der Waals surface area contributed by atoms with Gasteiger partial charge in [-0.15, -0.1) is 11.3 Å². The Morgan fingerprint density at radius 1 is 1.60 bits per heavy atom. The van der Waals surface area contributed by atoms with Crippen molar-refractivity contribution < 1.29 is 0 Å². The highest BCUT2D eigenvalue weighted by atomic mass is 32.1. The lowest BCUT2D eigenvalue weighted by Crippen LogP contribution is -2.16. The fraction of sp³-hybridized carbons (Fsp3) is 0.400. The van der Waals surface area contributed by atoms with Gasteiger partial charge in [0, 0.05) is 30.7 Å². The summed E-state index contributed by atoms with van der Waals surface area (Å²) in [4.78, 5) is 8.45. The molecule has 0 radical (unpaired) electrons. The molecule has 0 saturated carbocycles. The molecule has 0 bridgehead atoms. The SMILES string of the molecule is Cc1csc(CC(N)c2cncn2C)n1. The molecule has 2 aromatic rings. The Kier molecular flexibility index (Phi) is 2.83. The number of nitrogens with two attached hydrogens (primary N) is 1. The largest absolute Gasteiger partial charge is 0.336 e. The van der Waals surface area contributed by atoms with Crippen LogP contribution in [0.1, 0.15) is 22.4 Å². The molecule has 0 saturated heterocycles. The maximum Gasteiger partial charge on any atom is 0.0947 e. The van der Waals surface area contributed by atoms with E-state index in [2.05, 4.69) is 9.97 Å². The molecule has 80 valence electrons. The van der Waals surface area contributed by atoms with Gasteiger partial charge in [0.2, 0.25) is 0 Å². The van der Waals surface area contributed by atoms with Crippen molar-refractivity contribution in [1.29, 1.82) is 0 Å². The first-order chi connectivity index (χ1) is 7.16. The number of nitrogens with zero attached hydrogens (tertiary/aromatic N) is 3. The molecule has 2 aromatic heterocycles. The molecule has 4 nitrogen and oxygen atoms in total. The lowest BCUT2D eigenvalue weighted by molar-refractivity contribution is 0.653. The monoisotopic (exact) mass is 222 g/mol. The number of imidazole rings is 1. The van der Waals surface area contributed by atoms with Crippen LogP contribution in [0.2, 0.25) is 0 Å². The van der Waals surface area contributed by atoms with Crippen molar-refractivity contribution in [3.8, 4) is 0 Å². The summed E-state index contributed by atoms with van der Waals surface area (Å²) in [5.74, 6) is 0. The number of aromatic nitrogens is 3. The Morgan fingerprint density at radius 3 is 2.93 bits per heavy atom. The van der Waals surface area contributed by atoms with Crippen molar-refractivity contribution in [2.24, 2.45) is 12.8 Å². The predicted octanol–water partition coefficient (Wildman–Crippen LogP) is 1.43. The molecule has 1 unspecified atom stereocenters. The van der Waals surface area contributed by atoms with E-state index < -0.39 is 0 Å². The van der Waals surface area contributed by atoms with E-state index >= 15 is 0 Å². The molecule has 0 fully saturated rings. The van der Waals surface area contributed by atoms with Gasteiger partial charge in [-0.05, 0) is 6.92 Å². The first-order valence-corrected chi connectivity index (χ1v) is 5.67. The Bertz CT molecular complexity index is 446. The number of hydrogen-bond acceptors (Lipinski definition) is 4. The minimum Gasteiger partial charge on any atom is -0.336 e. The van der Waals surface area contributed by atoms with Crippen molar-refractivity contribution in [3.63, 3.8) is 0 Å². The summed E-state index contributed by atoms with van der Waals surface area (Å²) in [6.45, 7) is 2.00. The molecule has 0 aliphatic rings. The summed E-state index contributed by atoms with van der Waals surface area (Å²) < 4.78 is 1.95. The Labute approximate surface area is 92.8 Å². The first-order valence-electron chi connectivity index (χ1n) is 4.79. The molecule has 2 heterocycles. The molecule has 0 spiro atoms. The molecule has 15 heavy (non-hydrogen) atoms. The van der Waals surface area contributed by atoms with E-state index in [0.29, 0.717) is 0 Å². The third-order valence-electron chi connectivity index (χ3n) is 2.29. The number of thiazole rings is 1. The quantitative estimate of drug-likeness (QED) is 0.854. The van der Waals surface area contributed by atoms with Crippen LogP contribution in [-0.4, -0.2) is 14.5 Å². The number of aryl methyl sites for hydroxylation is 2. The van der Waals surface area contributed by atoms with E-state index in [1.807, 2.05) is 30.1 Å². The predicted molar refractivity (Wildman–Crippen MR) is 60.7 cm³/mol. The average Bonchev–Trinajstić information content (AvgIpc) is 2.75. The number of hydrogen-bond donors (Lipinski definition) is 1. The lowest BCUT2D eigenvalue weighted by Gasteiger charge is -2.09. The van der Waals surface area contributed by atoms with Crippen LogP contribution in [0.15, 0.2) is 17.9 Å². The van der Waals surface area contributed by atoms with Gasteiger partial charge in [-0.1, -0.05) is 0 Å². The van der Waals surface area contributed by atoms with Crippen LogP contribution in [0.5, 0.6) is 0 Å². The first kappa shape index (κ1) is 10.3. The molecule has 0 amide bonds. The normalized spacial score (nSPS) is 13.0. The maximum absolute atomic E-state index is 6.09. The highest BCUT2D eigenvalue weighted by Gasteiger charge is 2.12. The van der Waals surface area contributed by atoms with Crippen LogP contribution in [0.25, 0.3) is 0 Å². The zero-order valence-electron chi connectivity index (χ0n) is 8.84. The van der Waals surface area contributed by atoms with E-state index in [-0.39, 0.29) is 6.04 Å². The molecule has 2 N–H and O–H groups in total. The second-order valence-corrected chi connectivity index (χ2v) is 4.57. The minimum absolute atomic E-state index is 0.0250. The van der Waals surface area contributed by atoms with Gasteiger partial charge in [0.05, 0.1) is 23.1 Å². The highest BCUT2D eigenvalue weighted by molar-refractivity contribution is 7.09. The van der Waals surface area contributed by atoms with E-state index in [1.54, 1.807) is 17.7 Å². The smallest absolute Gasteiger partial charge is 0.0947 e. The van der Waals surface area contributed by atoms with Gasteiger partial charge in [-0.3, -0.25) is 0 Å². The fourth-order valence-electron chi connectivity index (χ4n) is 1.51. The van der Waals surface area contributed by atoms with E-state index in [0.717, 1.165) is 22.8 Å². The molecule has 0 aliphatic carbocycles. The van der Waals surface area contributed by atoms with E-state index in [1.165, 1.54) is 0 Å². The topological polar surface area (TPSA) is 56.7 Å². The average molecular weight is 222 g/mol. The second kappa shape index (κ2) is 4.12. The molecular formula is C10H14N4S. The van der Waals surface area contributed by atoms with Gasteiger partial charge in [0.15, 0.2) is 0 Å². The van der Waals surface area contributed by atoms with Crippen LogP contribution < -0.4 is 5.73 Å². The summed E-state index contributed by atoms with van der Waals surface area (Å²) >= 11 is 1.66. The van der Waals surface area contributed by atoms with Crippen molar-refractivity contribution in [3.05, 3.63) is 34.3 Å². The summed E-state index contributed by atoms with van der Waals surface area (Å²) in [5.41, 5.74) is 8.19. The van der Waals surface area contributed by atoms with Gasteiger partial charge in [-0.25, -0.2) is 9.97 Å². The maximum atomic E-state index is 6.09.